The van der Waals surface area contributed by atoms with Gasteiger partial charge in [0.25, 0.3) is 0 Å². The number of amides is 1. The van der Waals surface area contributed by atoms with Crippen LogP contribution >= 0.6 is 0 Å². The van der Waals surface area contributed by atoms with E-state index < -0.39 is 0 Å². The zero-order valence-corrected chi connectivity index (χ0v) is 14.7. The summed E-state index contributed by atoms with van der Waals surface area (Å²) < 4.78 is 0. The molecule has 1 aromatic rings. The van der Waals surface area contributed by atoms with Gasteiger partial charge in [0.05, 0.1) is 17.8 Å². The largest absolute Gasteiger partial charge is 0.368 e. The number of nitrogens with one attached hydrogen (secondary N) is 1. The third kappa shape index (κ3) is 5.33. The number of nitriles is 1. The molecule has 1 N–H and O–H groups in total. The van der Waals surface area contributed by atoms with Gasteiger partial charge in [0, 0.05) is 31.9 Å². The first kappa shape index (κ1) is 18.5. The predicted octanol–water partition coefficient (Wildman–Crippen LogP) is 2.70. The molecule has 1 amide bonds. The zero-order chi connectivity index (χ0) is 18.2. The molecule has 0 atom stereocenters. The van der Waals surface area contributed by atoms with Crippen LogP contribution < -0.4 is 5.32 Å². The fraction of sp³-hybridized carbons (Fsp3) is 0.300. The summed E-state index contributed by atoms with van der Waals surface area (Å²) in [6, 6.07) is 9.87. The van der Waals surface area contributed by atoms with Crippen molar-refractivity contribution in [3.05, 3.63) is 66.4 Å². The molecular formula is C20H24N4O. The Bertz CT molecular complexity index is 721. The number of hydrogen-bond donors (Lipinski definition) is 1. The molecule has 1 heterocycles. The van der Waals surface area contributed by atoms with Crippen LogP contribution in [-0.2, 0) is 4.79 Å². The summed E-state index contributed by atoms with van der Waals surface area (Å²) in [5.74, 6) is -0.0117. The lowest BCUT2D eigenvalue weighted by Crippen LogP contribution is -2.48. The lowest BCUT2D eigenvalue weighted by Gasteiger charge is -2.36. The molecule has 0 radical (unpaired) electrons. The monoisotopic (exact) mass is 336 g/mol. The molecular weight excluding hydrogens is 312 g/mol. The van der Waals surface area contributed by atoms with Crippen molar-refractivity contribution in [2.45, 2.75) is 6.92 Å². The topological polar surface area (TPSA) is 59.4 Å². The summed E-state index contributed by atoms with van der Waals surface area (Å²) in [6.45, 7) is 12.9. The molecule has 1 fully saturated rings. The number of carbonyl (C=O) groups is 1. The van der Waals surface area contributed by atoms with Crippen molar-refractivity contribution in [3.63, 3.8) is 0 Å². The molecule has 25 heavy (non-hydrogen) atoms. The molecule has 0 bridgehead atoms. The average Bonchev–Trinajstić information content (AvgIpc) is 2.60. The van der Waals surface area contributed by atoms with Gasteiger partial charge in [0.1, 0.15) is 6.07 Å². The molecule has 5 nitrogen and oxygen atoms in total. The molecule has 1 aromatic carbocycles. The summed E-state index contributed by atoms with van der Waals surface area (Å²) in [6.07, 6.45) is 3.48. The Morgan fingerprint density at radius 3 is 2.68 bits per heavy atom. The number of hydrogen-bond acceptors (Lipinski definition) is 4. The van der Waals surface area contributed by atoms with Crippen molar-refractivity contribution in [1.82, 2.24) is 9.80 Å². The van der Waals surface area contributed by atoms with Crippen LogP contribution in [-0.4, -0.2) is 48.4 Å². The van der Waals surface area contributed by atoms with Gasteiger partial charge in [-0.3, -0.25) is 9.69 Å². The van der Waals surface area contributed by atoms with Gasteiger partial charge in [-0.05, 0) is 30.7 Å². The maximum atomic E-state index is 12.2. The Hall–Kier alpha value is -2.84. The van der Waals surface area contributed by atoms with Crippen molar-refractivity contribution >= 4 is 11.6 Å². The second-order valence-corrected chi connectivity index (χ2v) is 6.06. The van der Waals surface area contributed by atoms with Gasteiger partial charge in [-0.15, -0.1) is 0 Å². The van der Waals surface area contributed by atoms with Crippen LogP contribution in [0.15, 0.2) is 60.8 Å². The molecule has 0 aliphatic carbocycles. The summed E-state index contributed by atoms with van der Waals surface area (Å²) in [5.41, 5.74) is 3.18. The summed E-state index contributed by atoms with van der Waals surface area (Å²) in [5, 5.41) is 12.0. The molecule has 0 aromatic heterocycles. The minimum Gasteiger partial charge on any atom is -0.368 e. The van der Waals surface area contributed by atoms with Crippen LogP contribution in [0.5, 0.6) is 0 Å². The second-order valence-electron chi connectivity index (χ2n) is 6.06. The zero-order valence-electron chi connectivity index (χ0n) is 14.7. The minimum absolute atomic E-state index is 0.0117. The molecule has 0 saturated carbocycles. The number of piperazine rings is 1. The average molecular weight is 336 g/mol. The Balaban J connectivity index is 1.86. The third-order valence-electron chi connectivity index (χ3n) is 4.10. The molecule has 1 aliphatic rings. The van der Waals surface area contributed by atoms with Crippen LogP contribution in [0.2, 0.25) is 0 Å². The standard InChI is InChI=1S/C20H24N4O/c1-4-6-19(17(3)14-21)24-11-9-23(10-12-24)15-20(25)22-18-8-5-7-16(2)13-18/h4-8,13H,1,3,9-12,15H2,2H3,(H,22,25)/b19-6+. The van der Waals surface area contributed by atoms with E-state index in [1.54, 1.807) is 6.08 Å². The predicted molar refractivity (Wildman–Crippen MR) is 101 cm³/mol. The highest BCUT2D eigenvalue weighted by atomic mass is 16.2. The molecule has 1 saturated heterocycles. The summed E-state index contributed by atoms with van der Waals surface area (Å²) in [4.78, 5) is 16.4. The number of aryl methyl sites for hydroxylation is 1. The lowest BCUT2D eigenvalue weighted by atomic mass is 10.1. The Labute approximate surface area is 149 Å². The van der Waals surface area contributed by atoms with Gasteiger partial charge in [-0.2, -0.15) is 5.26 Å². The number of benzene rings is 1. The highest BCUT2D eigenvalue weighted by molar-refractivity contribution is 5.92. The summed E-state index contributed by atoms with van der Waals surface area (Å²) in [7, 11) is 0. The van der Waals surface area contributed by atoms with E-state index in [0.29, 0.717) is 12.1 Å². The smallest absolute Gasteiger partial charge is 0.238 e. The molecule has 5 heteroatoms. The first-order chi connectivity index (χ1) is 12.0. The highest BCUT2D eigenvalue weighted by Crippen LogP contribution is 2.16. The molecule has 130 valence electrons. The number of nitrogens with zero attached hydrogens (tertiary/aromatic N) is 3. The summed E-state index contributed by atoms with van der Waals surface area (Å²) >= 11 is 0. The van der Waals surface area contributed by atoms with Crippen LogP contribution in [0.25, 0.3) is 0 Å². The van der Waals surface area contributed by atoms with Crippen LogP contribution in [0.1, 0.15) is 5.56 Å². The maximum absolute atomic E-state index is 12.2. The van der Waals surface area contributed by atoms with E-state index in [2.05, 4.69) is 34.3 Å². The van der Waals surface area contributed by atoms with Gasteiger partial charge in [0.2, 0.25) is 5.91 Å². The molecule has 1 aliphatic heterocycles. The van der Waals surface area contributed by atoms with Crippen molar-refractivity contribution in [2.24, 2.45) is 0 Å². The van der Waals surface area contributed by atoms with Gasteiger partial charge in [0.15, 0.2) is 0 Å². The van der Waals surface area contributed by atoms with Gasteiger partial charge in [-0.1, -0.05) is 31.4 Å². The van der Waals surface area contributed by atoms with Crippen molar-refractivity contribution in [2.75, 3.05) is 38.0 Å². The SMILES string of the molecule is C=C/C=C(\C(=C)C#N)N1CCN(CC(=O)Nc2cccc(C)c2)CC1. The van der Waals surface area contributed by atoms with E-state index in [1.807, 2.05) is 37.3 Å². The van der Waals surface area contributed by atoms with E-state index in [9.17, 15) is 4.79 Å². The Morgan fingerprint density at radius 1 is 1.36 bits per heavy atom. The van der Waals surface area contributed by atoms with Crippen molar-refractivity contribution in [1.29, 1.82) is 5.26 Å². The van der Waals surface area contributed by atoms with E-state index in [1.165, 1.54) is 0 Å². The molecule has 0 spiro atoms. The Morgan fingerprint density at radius 2 is 2.08 bits per heavy atom. The normalized spacial score (nSPS) is 15.4. The maximum Gasteiger partial charge on any atom is 0.238 e. The number of rotatable bonds is 6. The number of carbonyl (C=O) groups excluding carboxylic acids is 1. The quantitative estimate of drug-likeness (QED) is 0.641. The number of allylic oxidation sites excluding steroid dienone is 3. The van der Waals surface area contributed by atoms with Crippen LogP contribution in [0, 0.1) is 18.3 Å². The molecule has 0 unspecified atom stereocenters. The third-order valence-corrected chi connectivity index (χ3v) is 4.10. The van der Waals surface area contributed by atoms with Crippen molar-refractivity contribution < 1.29 is 4.79 Å². The van der Waals surface area contributed by atoms with Gasteiger partial charge in [-0.25, -0.2) is 0 Å². The van der Waals surface area contributed by atoms with Crippen LogP contribution in [0.4, 0.5) is 5.69 Å². The fourth-order valence-corrected chi connectivity index (χ4v) is 2.84. The van der Waals surface area contributed by atoms with E-state index in [4.69, 9.17) is 5.26 Å². The lowest BCUT2D eigenvalue weighted by molar-refractivity contribution is -0.117. The van der Waals surface area contributed by atoms with E-state index in [-0.39, 0.29) is 5.91 Å². The highest BCUT2D eigenvalue weighted by Gasteiger charge is 2.21. The first-order valence-corrected chi connectivity index (χ1v) is 8.29. The van der Waals surface area contributed by atoms with Crippen molar-refractivity contribution in [3.8, 4) is 6.07 Å². The van der Waals surface area contributed by atoms with E-state index in [0.717, 1.165) is 43.1 Å². The fourth-order valence-electron chi connectivity index (χ4n) is 2.84. The number of anilines is 1. The van der Waals surface area contributed by atoms with Gasteiger partial charge >= 0.3 is 0 Å². The minimum atomic E-state index is -0.0117. The second kappa shape index (κ2) is 8.86. The van der Waals surface area contributed by atoms with Gasteiger partial charge < -0.3 is 10.2 Å². The van der Waals surface area contributed by atoms with Crippen LogP contribution in [0.3, 0.4) is 0 Å². The Kier molecular flexibility index (Phi) is 6.55. The van der Waals surface area contributed by atoms with E-state index >= 15 is 0 Å². The molecule has 2 rings (SSSR count). The first-order valence-electron chi connectivity index (χ1n) is 8.29.